The first-order chi connectivity index (χ1) is 12.2. The van der Waals surface area contributed by atoms with Crippen molar-refractivity contribution in [1.29, 1.82) is 0 Å². The van der Waals surface area contributed by atoms with E-state index in [0.717, 1.165) is 16.9 Å². The summed E-state index contributed by atoms with van der Waals surface area (Å²) in [6, 6.07) is 14.8. The zero-order valence-corrected chi connectivity index (χ0v) is 14.9. The van der Waals surface area contributed by atoms with Gasteiger partial charge < -0.3 is 14.2 Å². The summed E-state index contributed by atoms with van der Waals surface area (Å²) < 4.78 is 16.3. The number of rotatable bonds is 9. The van der Waals surface area contributed by atoms with E-state index in [0.29, 0.717) is 18.8 Å². The predicted molar refractivity (Wildman–Crippen MR) is 98.8 cm³/mol. The van der Waals surface area contributed by atoms with E-state index in [2.05, 4.69) is 0 Å². The van der Waals surface area contributed by atoms with Gasteiger partial charge in [0.25, 0.3) is 0 Å². The monoisotopic (exact) mass is 340 g/mol. The van der Waals surface area contributed by atoms with Gasteiger partial charge in [0, 0.05) is 24.3 Å². The Morgan fingerprint density at radius 1 is 0.960 bits per heavy atom. The molecule has 0 aromatic heterocycles. The Labute approximate surface area is 149 Å². The molecular weight excluding hydrogens is 316 g/mol. The standard InChI is InChI=1S/C21H24O4/c1-4-24-21(25-5-2)18-9-6-16(7-10-18)8-15-20(22)17-11-13-19(23-3)14-12-17/h6-15,21H,4-5H2,1-3H3. The Hall–Kier alpha value is -2.43. The smallest absolute Gasteiger partial charge is 0.185 e. The topological polar surface area (TPSA) is 44.8 Å². The molecule has 0 bridgehead atoms. The van der Waals surface area contributed by atoms with Crippen molar-refractivity contribution in [3.05, 3.63) is 71.3 Å². The van der Waals surface area contributed by atoms with E-state index in [-0.39, 0.29) is 12.1 Å². The van der Waals surface area contributed by atoms with Crippen LogP contribution in [0.1, 0.15) is 41.6 Å². The minimum Gasteiger partial charge on any atom is -0.497 e. The van der Waals surface area contributed by atoms with E-state index in [1.165, 1.54) is 0 Å². The highest BCUT2D eigenvalue weighted by Gasteiger charge is 2.10. The maximum atomic E-state index is 12.2. The van der Waals surface area contributed by atoms with Crippen LogP contribution in [0.25, 0.3) is 6.08 Å². The molecule has 0 aliphatic heterocycles. The molecule has 0 unspecified atom stereocenters. The van der Waals surface area contributed by atoms with Crippen LogP contribution in [0.2, 0.25) is 0 Å². The summed E-state index contributed by atoms with van der Waals surface area (Å²) in [6.45, 7) is 5.05. The number of methoxy groups -OCH3 is 1. The highest BCUT2D eigenvalue weighted by Crippen LogP contribution is 2.20. The molecule has 132 valence electrons. The molecule has 4 nitrogen and oxygen atoms in total. The Bertz CT molecular complexity index is 681. The van der Waals surface area contributed by atoms with Gasteiger partial charge in [-0.2, -0.15) is 0 Å². The van der Waals surface area contributed by atoms with Crippen molar-refractivity contribution in [2.75, 3.05) is 20.3 Å². The van der Waals surface area contributed by atoms with Crippen molar-refractivity contribution in [2.24, 2.45) is 0 Å². The third-order valence-corrected chi connectivity index (χ3v) is 3.65. The third-order valence-electron chi connectivity index (χ3n) is 3.65. The number of hydrogen-bond donors (Lipinski definition) is 0. The average Bonchev–Trinajstić information content (AvgIpc) is 2.66. The first-order valence-electron chi connectivity index (χ1n) is 8.37. The normalized spacial score (nSPS) is 11.2. The van der Waals surface area contributed by atoms with Crippen molar-refractivity contribution < 1.29 is 19.0 Å². The van der Waals surface area contributed by atoms with E-state index in [4.69, 9.17) is 14.2 Å². The first-order valence-corrected chi connectivity index (χ1v) is 8.37. The summed E-state index contributed by atoms with van der Waals surface area (Å²) in [4.78, 5) is 12.2. The van der Waals surface area contributed by atoms with E-state index >= 15 is 0 Å². The molecule has 2 aromatic carbocycles. The third kappa shape index (κ3) is 5.55. The molecule has 25 heavy (non-hydrogen) atoms. The second-order valence-electron chi connectivity index (χ2n) is 5.34. The van der Waals surface area contributed by atoms with E-state index in [1.54, 1.807) is 43.5 Å². The minimum absolute atomic E-state index is 0.0479. The highest BCUT2D eigenvalue weighted by atomic mass is 16.7. The van der Waals surface area contributed by atoms with Gasteiger partial charge in [0.2, 0.25) is 0 Å². The average molecular weight is 340 g/mol. The molecule has 2 rings (SSSR count). The lowest BCUT2D eigenvalue weighted by atomic mass is 10.1. The number of hydrogen-bond acceptors (Lipinski definition) is 4. The number of ether oxygens (including phenoxy) is 3. The zero-order chi connectivity index (χ0) is 18.1. The largest absolute Gasteiger partial charge is 0.497 e. The van der Waals surface area contributed by atoms with Crippen molar-refractivity contribution in [2.45, 2.75) is 20.1 Å². The van der Waals surface area contributed by atoms with Crippen LogP contribution in [0.5, 0.6) is 5.75 Å². The van der Waals surface area contributed by atoms with Gasteiger partial charge in [-0.25, -0.2) is 0 Å². The molecule has 0 amide bonds. The maximum Gasteiger partial charge on any atom is 0.185 e. The Kier molecular flexibility index (Phi) is 7.38. The number of benzene rings is 2. The number of ketones is 1. The molecule has 0 N–H and O–H groups in total. The Morgan fingerprint density at radius 2 is 1.56 bits per heavy atom. The second-order valence-corrected chi connectivity index (χ2v) is 5.34. The lowest BCUT2D eigenvalue weighted by molar-refractivity contribution is -0.140. The lowest BCUT2D eigenvalue weighted by Crippen LogP contribution is -2.08. The quantitative estimate of drug-likeness (QED) is 0.378. The summed E-state index contributed by atoms with van der Waals surface area (Å²) in [7, 11) is 1.60. The zero-order valence-electron chi connectivity index (χ0n) is 14.9. The first kappa shape index (κ1) is 18.9. The highest BCUT2D eigenvalue weighted by molar-refractivity contribution is 6.06. The van der Waals surface area contributed by atoms with Gasteiger partial charge >= 0.3 is 0 Å². The fraction of sp³-hybridized carbons (Fsp3) is 0.286. The molecule has 0 fully saturated rings. The Morgan fingerprint density at radius 3 is 2.08 bits per heavy atom. The van der Waals surface area contributed by atoms with Gasteiger partial charge in [0.15, 0.2) is 12.1 Å². The van der Waals surface area contributed by atoms with Crippen molar-refractivity contribution in [1.82, 2.24) is 0 Å². The van der Waals surface area contributed by atoms with Crippen LogP contribution in [0, 0.1) is 0 Å². The SMILES string of the molecule is CCOC(OCC)c1ccc(C=CC(=O)c2ccc(OC)cc2)cc1. The minimum atomic E-state index is -0.353. The summed E-state index contributed by atoms with van der Waals surface area (Å²) in [6.07, 6.45) is 3.01. The Balaban J connectivity index is 2.03. The van der Waals surface area contributed by atoms with Crippen LogP contribution in [0.15, 0.2) is 54.6 Å². The summed E-state index contributed by atoms with van der Waals surface area (Å²) >= 11 is 0. The molecule has 0 radical (unpaired) electrons. The molecule has 0 saturated carbocycles. The fourth-order valence-electron chi connectivity index (χ4n) is 2.33. The second kappa shape index (κ2) is 9.77. The van der Waals surface area contributed by atoms with Crippen LogP contribution < -0.4 is 4.74 Å². The van der Waals surface area contributed by atoms with Crippen LogP contribution in [-0.2, 0) is 9.47 Å². The maximum absolute atomic E-state index is 12.2. The molecule has 4 heteroatoms. The van der Waals surface area contributed by atoms with Crippen molar-refractivity contribution >= 4 is 11.9 Å². The van der Waals surface area contributed by atoms with Gasteiger partial charge in [-0.05, 0) is 49.8 Å². The van der Waals surface area contributed by atoms with Gasteiger partial charge in [0.05, 0.1) is 7.11 Å². The van der Waals surface area contributed by atoms with Crippen molar-refractivity contribution in [3.63, 3.8) is 0 Å². The van der Waals surface area contributed by atoms with Gasteiger partial charge in [0.1, 0.15) is 5.75 Å². The van der Waals surface area contributed by atoms with Crippen LogP contribution in [0.4, 0.5) is 0 Å². The van der Waals surface area contributed by atoms with Crippen LogP contribution in [-0.4, -0.2) is 26.1 Å². The van der Waals surface area contributed by atoms with Gasteiger partial charge in [-0.15, -0.1) is 0 Å². The molecule has 0 spiro atoms. The summed E-state index contributed by atoms with van der Waals surface area (Å²) in [5.74, 6) is 0.683. The van der Waals surface area contributed by atoms with Gasteiger partial charge in [-0.1, -0.05) is 30.3 Å². The van der Waals surface area contributed by atoms with E-state index in [1.807, 2.05) is 38.1 Å². The number of carbonyl (C=O) groups excluding carboxylic acids is 1. The molecule has 2 aromatic rings. The van der Waals surface area contributed by atoms with Crippen LogP contribution in [0.3, 0.4) is 0 Å². The molecular formula is C21H24O4. The van der Waals surface area contributed by atoms with Crippen molar-refractivity contribution in [3.8, 4) is 5.75 Å². The lowest BCUT2D eigenvalue weighted by Gasteiger charge is -2.17. The number of allylic oxidation sites excluding steroid dienone is 1. The van der Waals surface area contributed by atoms with Crippen LogP contribution >= 0.6 is 0 Å². The summed E-state index contributed by atoms with van der Waals surface area (Å²) in [5.41, 5.74) is 2.53. The fourth-order valence-corrected chi connectivity index (χ4v) is 2.33. The molecule has 0 aliphatic carbocycles. The summed E-state index contributed by atoms with van der Waals surface area (Å²) in [5, 5.41) is 0. The molecule has 0 heterocycles. The van der Waals surface area contributed by atoms with Gasteiger partial charge in [-0.3, -0.25) is 4.79 Å². The predicted octanol–water partition coefficient (Wildman–Crippen LogP) is 4.66. The molecule has 0 atom stereocenters. The van der Waals surface area contributed by atoms with E-state index in [9.17, 15) is 4.79 Å². The number of carbonyl (C=O) groups is 1. The van der Waals surface area contributed by atoms with E-state index < -0.39 is 0 Å². The molecule has 0 aliphatic rings. The molecule has 0 saturated heterocycles.